The van der Waals surface area contributed by atoms with E-state index in [-0.39, 0.29) is 11.1 Å². The molecule has 0 spiro atoms. The normalized spacial score (nSPS) is 10.7. The second-order valence-electron chi connectivity index (χ2n) is 6.11. The van der Waals surface area contributed by atoms with Gasteiger partial charge in [-0.15, -0.1) is 0 Å². The van der Waals surface area contributed by atoms with E-state index in [4.69, 9.17) is 0 Å². The lowest BCUT2D eigenvalue weighted by molar-refractivity contribution is 0.0845. The van der Waals surface area contributed by atoms with Crippen molar-refractivity contribution in [1.82, 2.24) is 20.8 Å². The molecule has 0 radical (unpaired) electrons. The van der Waals surface area contributed by atoms with Crippen LogP contribution in [0.3, 0.4) is 0 Å². The smallest absolute Gasteiger partial charge is 0.275 e. The molecule has 2 aromatic heterocycles. The van der Waals surface area contributed by atoms with Crippen molar-refractivity contribution in [3.63, 3.8) is 0 Å². The molecule has 0 bridgehead atoms. The second kappa shape index (κ2) is 6.84. The van der Waals surface area contributed by atoms with Crippen molar-refractivity contribution >= 4 is 33.6 Å². The molecule has 138 valence electrons. The fourth-order valence-electron chi connectivity index (χ4n) is 2.88. The second-order valence-corrected chi connectivity index (χ2v) is 6.11. The number of hydrogen-bond donors (Lipinski definition) is 4. The predicted octanol–water partition coefficient (Wildman–Crippen LogP) is 1.44. The third-order valence-corrected chi connectivity index (χ3v) is 4.29. The Morgan fingerprint density at radius 3 is 1.46 bits per heavy atom. The molecule has 4 aromatic rings. The van der Waals surface area contributed by atoms with Gasteiger partial charge in [-0.3, -0.25) is 30.0 Å². The minimum atomic E-state index is -0.794. The average Bonchev–Trinajstić information content (AvgIpc) is 2.70. The number of carbonyl (C=O) groups is 2. The van der Waals surface area contributed by atoms with E-state index in [1.807, 2.05) is 0 Å². The molecule has 2 amide bonds. The Hall–Kier alpha value is -4.20. The van der Waals surface area contributed by atoms with E-state index >= 15 is 0 Å². The lowest BCUT2D eigenvalue weighted by atomic mass is 10.1. The van der Waals surface area contributed by atoms with Crippen LogP contribution in [0.4, 0.5) is 0 Å². The van der Waals surface area contributed by atoms with Gasteiger partial charge in [0.05, 0.1) is 0 Å². The zero-order valence-corrected chi connectivity index (χ0v) is 14.4. The van der Waals surface area contributed by atoms with Crippen molar-refractivity contribution in [1.29, 1.82) is 0 Å². The highest BCUT2D eigenvalue weighted by Crippen LogP contribution is 2.11. The van der Waals surface area contributed by atoms with Crippen LogP contribution in [0.15, 0.2) is 70.3 Å². The summed E-state index contributed by atoms with van der Waals surface area (Å²) in [5, 5.41) is 1.34. The number of hydrogen-bond acceptors (Lipinski definition) is 4. The Morgan fingerprint density at radius 1 is 0.643 bits per heavy atom. The number of amides is 2. The summed E-state index contributed by atoms with van der Waals surface area (Å²) in [5.41, 5.74) is 4.02. The number of para-hydroxylation sites is 2. The molecule has 4 rings (SSSR count). The maximum absolute atomic E-state index is 12.3. The highest BCUT2D eigenvalue weighted by Gasteiger charge is 2.15. The van der Waals surface area contributed by atoms with E-state index in [9.17, 15) is 19.2 Å². The monoisotopic (exact) mass is 374 g/mol. The number of hydrazine groups is 1. The first-order valence-corrected chi connectivity index (χ1v) is 8.38. The van der Waals surface area contributed by atoms with Gasteiger partial charge < -0.3 is 9.97 Å². The highest BCUT2D eigenvalue weighted by molar-refractivity contribution is 6.01. The van der Waals surface area contributed by atoms with Gasteiger partial charge in [0.1, 0.15) is 11.1 Å². The van der Waals surface area contributed by atoms with Crippen LogP contribution in [0.5, 0.6) is 0 Å². The molecular formula is C20H14N4O4. The van der Waals surface area contributed by atoms with Gasteiger partial charge in [-0.25, -0.2) is 0 Å². The number of aromatic nitrogens is 2. The zero-order chi connectivity index (χ0) is 19.7. The van der Waals surface area contributed by atoms with Gasteiger partial charge in [0.25, 0.3) is 22.9 Å². The summed E-state index contributed by atoms with van der Waals surface area (Å²) < 4.78 is 0. The van der Waals surface area contributed by atoms with E-state index < -0.39 is 22.9 Å². The summed E-state index contributed by atoms with van der Waals surface area (Å²) in [6, 6.07) is 16.9. The first-order valence-electron chi connectivity index (χ1n) is 8.38. The van der Waals surface area contributed by atoms with Gasteiger partial charge in [0.15, 0.2) is 0 Å². The summed E-state index contributed by atoms with van der Waals surface area (Å²) in [5.74, 6) is -1.59. The summed E-state index contributed by atoms with van der Waals surface area (Å²) in [7, 11) is 0. The SMILES string of the molecule is O=C(NNC(=O)c1cc2ccccc2[nH]c1=O)c1cc2ccccc2[nH]c1=O. The quantitative estimate of drug-likeness (QED) is 0.396. The lowest BCUT2D eigenvalue weighted by Crippen LogP contribution is -2.44. The van der Waals surface area contributed by atoms with Crippen LogP contribution in [-0.4, -0.2) is 21.8 Å². The lowest BCUT2D eigenvalue weighted by Gasteiger charge is -2.08. The molecule has 4 N–H and O–H groups in total. The highest BCUT2D eigenvalue weighted by atomic mass is 16.2. The Morgan fingerprint density at radius 2 is 1.04 bits per heavy atom. The molecule has 8 heteroatoms. The first kappa shape index (κ1) is 17.2. The van der Waals surface area contributed by atoms with Gasteiger partial charge in [-0.2, -0.15) is 0 Å². The Balaban J connectivity index is 1.56. The van der Waals surface area contributed by atoms with Crippen molar-refractivity contribution in [3.05, 3.63) is 92.5 Å². The molecule has 0 aliphatic heterocycles. The number of nitrogens with one attached hydrogen (secondary N) is 4. The van der Waals surface area contributed by atoms with Crippen molar-refractivity contribution < 1.29 is 9.59 Å². The Kier molecular flexibility index (Phi) is 4.21. The van der Waals surface area contributed by atoms with Crippen LogP contribution in [0.2, 0.25) is 0 Å². The fourth-order valence-corrected chi connectivity index (χ4v) is 2.88. The summed E-state index contributed by atoms with van der Waals surface area (Å²) in [4.78, 5) is 54.0. The van der Waals surface area contributed by atoms with Crippen molar-refractivity contribution in [2.24, 2.45) is 0 Å². The number of carbonyl (C=O) groups excluding carboxylic acids is 2. The summed E-state index contributed by atoms with van der Waals surface area (Å²) in [6.07, 6.45) is 0. The standard InChI is InChI=1S/C20H14N4O4/c25-17-13(9-11-5-1-3-7-15(11)21-17)19(27)23-24-20(28)14-10-12-6-2-4-8-16(12)22-18(14)26/h1-10H,(H,21,25)(H,22,26)(H,23,27)(H,24,28). The number of aromatic amines is 2. The molecule has 0 fully saturated rings. The van der Waals surface area contributed by atoms with Crippen LogP contribution in [-0.2, 0) is 0 Å². The van der Waals surface area contributed by atoms with Gasteiger partial charge >= 0.3 is 0 Å². The van der Waals surface area contributed by atoms with Crippen molar-refractivity contribution in [2.45, 2.75) is 0 Å². The fraction of sp³-hybridized carbons (Fsp3) is 0. The largest absolute Gasteiger partial charge is 0.321 e. The molecule has 0 atom stereocenters. The molecule has 0 saturated heterocycles. The summed E-state index contributed by atoms with van der Waals surface area (Å²) in [6.45, 7) is 0. The van der Waals surface area contributed by atoms with Gasteiger partial charge in [0.2, 0.25) is 0 Å². The maximum Gasteiger partial charge on any atom is 0.275 e. The van der Waals surface area contributed by atoms with Crippen LogP contribution in [0, 0.1) is 0 Å². The molecule has 0 saturated carbocycles. The Bertz CT molecular complexity index is 1250. The molecule has 2 aromatic carbocycles. The van der Waals surface area contributed by atoms with E-state index in [0.717, 1.165) is 0 Å². The number of rotatable bonds is 2. The Labute approximate surface area is 157 Å². The van der Waals surface area contributed by atoms with Crippen molar-refractivity contribution in [2.75, 3.05) is 0 Å². The van der Waals surface area contributed by atoms with E-state index in [2.05, 4.69) is 20.8 Å². The molecule has 0 aliphatic carbocycles. The van der Waals surface area contributed by atoms with Crippen LogP contribution < -0.4 is 22.0 Å². The minimum Gasteiger partial charge on any atom is -0.321 e. The minimum absolute atomic E-state index is 0.161. The topological polar surface area (TPSA) is 124 Å². The first-order chi connectivity index (χ1) is 13.5. The van der Waals surface area contributed by atoms with Crippen LogP contribution in [0.1, 0.15) is 20.7 Å². The van der Waals surface area contributed by atoms with E-state index in [0.29, 0.717) is 21.8 Å². The zero-order valence-electron chi connectivity index (χ0n) is 14.4. The third kappa shape index (κ3) is 3.14. The number of pyridine rings is 2. The van der Waals surface area contributed by atoms with Crippen molar-refractivity contribution in [3.8, 4) is 0 Å². The molecule has 2 heterocycles. The predicted molar refractivity (Wildman–Crippen MR) is 104 cm³/mol. The molecular weight excluding hydrogens is 360 g/mol. The third-order valence-electron chi connectivity index (χ3n) is 4.29. The number of fused-ring (bicyclic) bond motifs is 2. The number of benzene rings is 2. The summed E-state index contributed by atoms with van der Waals surface area (Å²) >= 11 is 0. The maximum atomic E-state index is 12.3. The molecule has 28 heavy (non-hydrogen) atoms. The van der Waals surface area contributed by atoms with Crippen LogP contribution >= 0.6 is 0 Å². The molecule has 0 aliphatic rings. The van der Waals surface area contributed by atoms with Gasteiger partial charge in [-0.05, 0) is 35.0 Å². The average molecular weight is 374 g/mol. The van der Waals surface area contributed by atoms with E-state index in [1.54, 1.807) is 48.5 Å². The van der Waals surface area contributed by atoms with Gasteiger partial charge in [-0.1, -0.05) is 36.4 Å². The van der Waals surface area contributed by atoms with E-state index in [1.165, 1.54) is 12.1 Å². The van der Waals surface area contributed by atoms with Crippen LogP contribution in [0.25, 0.3) is 21.8 Å². The molecule has 0 unspecified atom stereocenters. The molecule has 8 nitrogen and oxygen atoms in total. The number of H-pyrrole nitrogens is 2. The van der Waals surface area contributed by atoms with Gasteiger partial charge in [0, 0.05) is 11.0 Å².